The summed E-state index contributed by atoms with van der Waals surface area (Å²) in [6.07, 6.45) is 3.00. The third-order valence-corrected chi connectivity index (χ3v) is 3.34. The highest BCUT2D eigenvalue weighted by atomic mass is 31.2. The normalized spacial score (nSPS) is 14.7. The van der Waals surface area contributed by atoms with Gasteiger partial charge in [0, 0.05) is 0 Å². The zero-order valence-electron chi connectivity index (χ0n) is 9.30. The highest BCUT2D eigenvalue weighted by molar-refractivity contribution is 7.51. The first-order valence-corrected chi connectivity index (χ1v) is 7.06. The van der Waals surface area contributed by atoms with E-state index in [0.717, 1.165) is 24.8 Å². The monoisotopic (exact) mass is 244 g/mol. The number of hydrogen-bond donors (Lipinski definition) is 2. The van der Waals surface area contributed by atoms with Gasteiger partial charge in [0.1, 0.15) is 0 Å². The highest BCUT2D eigenvalue weighted by Crippen LogP contribution is 2.44. The fraction of sp³-hybridized carbons (Fsp3) is 0.455. The van der Waals surface area contributed by atoms with Crippen LogP contribution in [0.4, 0.5) is 0 Å². The maximum Gasteiger partial charge on any atom is 0.359 e. The molecule has 1 atom stereocenters. The van der Waals surface area contributed by atoms with Crippen LogP contribution < -0.4 is 0 Å². The molecule has 1 aromatic carbocycles. The van der Waals surface area contributed by atoms with Crippen LogP contribution in [0, 0.1) is 0 Å². The van der Waals surface area contributed by atoms with Gasteiger partial charge >= 0.3 is 7.60 Å². The van der Waals surface area contributed by atoms with Gasteiger partial charge in [0.25, 0.3) is 0 Å². The molecule has 1 aromatic rings. The molecule has 0 heterocycles. The second-order valence-corrected chi connectivity index (χ2v) is 5.56. The van der Waals surface area contributed by atoms with Gasteiger partial charge in [-0.2, -0.15) is 4.67 Å². The molecule has 0 radical (unpaired) electrons. The smallest absolute Gasteiger partial charge is 0.323 e. The van der Waals surface area contributed by atoms with Crippen molar-refractivity contribution in [2.75, 3.05) is 0 Å². The van der Waals surface area contributed by atoms with Crippen molar-refractivity contribution < 1.29 is 19.4 Å². The van der Waals surface area contributed by atoms with Crippen LogP contribution in [-0.4, -0.2) is 10.2 Å². The van der Waals surface area contributed by atoms with Crippen LogP contribution in [0.2, 0.25) is 0 Å². The van der Waals surface area contributed by atoms with Crippen LogP contribution in [0.5, 0.6) is 0 Å². The van der Waals surface area contributed by atoms with Crippen LogP contribution in [-0.2, 0) is 21.8 Å². The lowest BCUT2D eigenvalue weighted by atomic mass is 10.1. The van der Waals surface area contributed by atoms with Crippen molar-refractivity contribution in [2.24, 2.45) is 0 Å². The third kappa shape index (κ3) is 4.45. The summed E-state index contributed by atoms with van der Waals surface area (Å²) >= 11 is 0. The van der Waals surface area contributed by atoms with Crippen molar-refractivity contribution >= 4 is 7.60 Å². The van der Waals surface area contributed by atoms with E-state index in [1.54, 1.807) is 6.07 Å². The first kappa shape index (κ1) is 13.4. The van der Waals surface area contributed by atoms with Gasteiger partial charge in [0.05, 0.1) is 6.16 Å². The fourth-order valence-electron chi connectivity index (χ4n) is 1.52. The highest BCUT2D eigenvalue weighted by Gasteiger charge is 2.19. The van der Waals surface area contributed by atoms with Crippen LogP contribution >= 0.6 is 7.60 Å². The summed E-state index contributed by atoms with van der Waals surface area (Å²) < 4.78 is 14.7. The number of rotatable bonds is 6. The fourth-order valence-corrected chi connectivity index (χ4v) is 2.24. The Bertz CT molecular complexity index is 378. The van der Waals surface area contributed by atoms with Gasteiger partial charge in [-0.1, -0.05) is 37.6 Å². The van der Waals surface area contributed by atoms with E-state index in [2.05, 4.69) is 11.6 Å². The lowest BCUT2D eigenvalue weighted by molar-refractivity contribution is -0.146. The quantitative estimate of drug-likeness (QED) is 0.458. The Morgan fingerprint density at radius 1 is 1.38 bits per heavy atom. The van der Waals surface area contributed by atoms with Crippen molar-refractivity contribution in [1.82, 2.24) is 0 Å². The first-order valence-electron chi connectivity index (χ1n) is 5.30. The van der Waals surface area contributed by atoms with Crippen LogP contribution in [0.1, 0.15) is 30.9 Å². The van der Waals surface area contributed by atoms with Crippen molar-refractivity contribution in [3.63, 3.8) is 0 Å². The summed E-state index contributed by atoms with van der Waals surface area (Å²) in [5.74, 6) is 0. The Kier molecular flexibility index (Phi) is 5.16. The van der Waals surface area contributed by atoms with Gasteiger partial charge in [-0.3, -0.25) is 4.57 Å². The topological polar surface area (TPSA) is 66.8 Å². The van der Waals surface area contributed by atoms with Crippen LogP contribution in [0.3, 0.4) is 0 Å². The molecule has 16 heavy (non-hydrogen) atoms. The molecule has 0 bridgehead atoms. The number of unbranched alkanes of at least 4 members (excludes halogenated alkanes) is 1. The number of aryl methyl sites for hydroxylation is 1. The van der Waals surface area contributed by atoms with Gasteiger partial charge in [-0.05, 0) is 24.0 Å². The van der Waals surface area contributed by atoms with E-state index in [-0.39, 0.29) is 6.16 Å². The first-order chi connectivity index (χ1) is 7.57. The van der Waals surface area contributed by atoms with E-state index in [1.807, 2.05) is 18.2 Å². The maximum absolute atomic E-state index is 11.2. The summed E-state index contributed by atoms with van der Waals surface area (Å²) in [6.45, 7) is 2.12. The summed E-state index contributed by atoms with van der Waals surface area (Å²) in [4.78, 5) is 9.13. The molecule has 4 nitrogen and oxygen atoms in total. The molecule has 5 heteroatoms. The van der Waals surface area contributed by atoms with E-state index < -0.39 is 7.60 Å². The van der Waals surface area contributed by atoms with Gasteiger partial charge in [-0.15, -0.1) is 0 Å². The second kappa shape index (κ2) is 6.16. The molecule has 2 N–H and O–H groups in total. The molecular weight excluding hydrogens is 227 g/mol. The predicted octanol–water partition coefficient (Wildman–Crippen LogP) is 3.20. The molecule has 0 amide bonds. The average molecular weight is 244 g/mol. The minimum Gasteiger partial charge on any atom is -0.323 e. The Morgan fingerprint density at radius 2 is 2.06 bits per heavy atom. The number of hydrogen-bond acceptors (Lipinski definition) is 3. The Hall–Kier alpha value is -0.670. The molecule has 90 valence electrons. The Morgan fingerprint density at radius 3 is 2.69 bits per heavy atom. The van der Waals surface area contributed by atoms with Gasteiger partial charge < -0.3 is 4.89 Å². The predicted molar refractivity (Wildman–Crippen MR) is 62.3 cm³/mol. The van der Waals surface area contributed by atoms with E-state index in [1.165, 1.54) is 0 Å². The molecule has 0 saturated heterocycles. The van der Waals surface area contributed by atoms with E-state index in [0.29, 0.717) is 5.56 Å². The molecule has 0 spiro atoms. The minimum atomic E-state index is -3.89. The van der Waals surface area contributed by atoms with Crippen LogP contribution in [0.15, 0.2) is 24.3 Å². The van der Waals surface area contributed by atoms with E-state index >= 15 is 0 Å². The summed E-state index contributed by atoms with van der Waals surface area (Å²) in [5, 5.41) is 8.25. The zero-order valence-corrected chi connectivity index (χ0v) is 10.2. The molecule has 1 unspecified atom stereocenters. The lowest BCUT2D eigenvalue weighted by Crippen LogP contribution is -1.92. The SMILES string of the molecule is CCCCc1cccc(CP(=O)(O)OO)c1. The van der Waals surface area contributed by atoms with Crippen molar-refractivity contribution in [3.05, 3.63) is 35.4 Å². The minimum absolute atomic E-state index is 0.163. The zero-order chi connectivity index (χ0) is 12.0. The molecule has 0 saturated carbocycles. The van der Waals surface area contributed by atoms with Crippen LogP contribution in [0.25, 0.3) is 0 Å². The summed E-state index contributed by atoms with van der Waals surface area (Å²) in [7, 11) is -3.89. The molecule has 0 fully saturated rings. The molecule has 0 aliphatic rings. The second-order valence-electron chi connectivity index (χ2n) is 3.80. The average Bonchev–Trinajstić information content (AvgIpc) is 2.26. The maximum atomic E-state index is 11.2. The molecule has 0 aliphatic carbocycles. The molecule has 0 aliphatic heterocycles. The standard InChI is InChI=1S/C11H17O4P/c1-2-3-5-10-6-4-7-11(8-10)9-16(13,14)15-12/h4,6-8,12H,2-3,5,9H2,1H3,(H,13,14). The Labute approximate surface area is 95.4 Å². The van der Waals surface area contributed by atoms with Gasteiger partial charge in [0.2, 0.25) is 0 Å². The van der Waals surface area contributed by atoms with Gasteiger partial charge in [0.15, 0.2) is 0 Å². The molecule has 0 aromatic heterocycles. The molecular formula is C11H17O4P. The number of benzene rings is 1. The summed E-state index contributed by atoms with van der Waals surface area (Å²) in [6, 6.07) is 7.45. The van der Waals surface area contributed by atoms with Crippen molar-refractivity contribution in [3.8, 4) is 0 Å². The third-order valence-electron chi connectivity index (χ3n) is 2.32. The summed E-state index contributed by atoms with van der Waals surface area (Å²) in [5.41, 5.74) is 1.84. The molecule has 1 rings (SSSR count). The van der Waals surface area contributed by atoms with Crippen molar-refractivity contribution in [2.45, 2.75) is 32.3 Å². The van der Waals surface area contributed by atoms with Gasteiger partial charge in [-0.25, -0.2) is 5.26 Å². The lowest BCUT2D eigenvalue weighted by Gasteiger charge is -2.08. The van der Waals surface area contributed by atoms with Crippen molar-refractivity contribution in [1.29, 1.82) is 0 Å². The van der Waals surface area contributed by atoms with E-state index in [9.17, 15) is 4.57 Å². The largest absolute Gasteiger partial charge is 0.359 e. The Balaban J connectivity index is 2.71. The van der Waals surface area contributed by atoms with E-state index in [4.69, 9.17) is 10.2 Å².